The number of rotatable bonds is 7. The predicted molar refractivity (Wildman–Crippen MR) is 117 cm³/mol. The number of nitrogens with zero attached hydrogens (tertiary/aromatic N) is 3. The van der Waals surface area contributed by atoms with Crippen molar-refractivity contribution in [1.82, 2.24) is 15.2 Å². The van der Waals surface area contributed by atoms with Crippen LogP contribution in [0.3, 0.4) is 0 Å². The molecule has 0 saturated carbocycles. The largest absolute Gasteiger partial charge is 0.387 e. The first-order chi connectivity index (χ1) is 11.5. The van der Waals surface area contributed by atoms with Gasteiger partial charge >= 0.3 is 0 Å². The molecular weight excluding hydrogens is 471 g/mol. The predicted octanol–water partition coefficient (Wildman–Crippen LogP) is 2.73. The fraction of sp³-hybridized carbons (Fsp3) is 0.750. The minimum atomic E-state index is -0.659. The summed E-state index contributed by atoms with van der Waals surface area (Å²) < 4.78 is 5.32. The summed E-state index contributed by atoms with van der Waals surface area (Å²) in [4.78, 5) is 11.3. The molecule has 144 valence electrons. The van der Waals surface area contributed by atoms with Crippen molar-refractivity contribution in [2.45, 2.75) is 38.5 Å². The summed E-state index contributed by atoms with van der Waals surface area (Å²) in [5.41, 5.74) is 0.343. The molecule has 2 N–H and O–H groups in total. The van der Waals surface area contributed by atoms with Gasteiger partial charge in [-0.15, -0.1) is 35.3 Å². The zero-order valence-electron chi connectivity index (χ0n) is 15.3. The quantitative estimate of drug-likeness (QED) is 0.341. The number of hydrogen-bond acceptors (Lipinski definition) is 6. The summed E-state index contributed by atoms with van der Waals surface area (Å²) in [5.74, 6) is 2.58. The van der Waals surface area contributed by atoms with Crippen LogP contribution in [0, 0.1) is 0 Å². The smallest absolute Gasteiger partial charge is 0.194 e. The maximum atomic E-state index is 10.5. The second-order valence-electron chi connectivity index (χ2n) is 6.11. The number of methoxy groups -OCH3 is 1. The standard InChI is InChI=1S/C16H28N4O2S2.HI/c1-5-17-15(18-10-16(21)6-7-23-11-16)20(3)8-13-9-24-14(19-13)12(2)22-4;/h9,12,21H,5-8,10-11H2,1-4H3,(H,17,18);1H. The van der Waals surface area contributed by atoms with Gasteiger partial charge in [0, 0.05) is 31.8 Å². The van der Waals surface area contributed by atoms with Crippen LogP contribution in [0.2, 0.25) is 0 Å². The molecule has 0 aliphatic carbocycles. The first kappa shape index (κ1) is 22.9. The van der Waals surface area contributed by atoms with Crippen LogP contribution in [0.25, 0.3) is 0 Å². The molecule has 1 fully saturated rings. The molecule has 2 unspecified atom stereocenters. The fourth-order valence-electron chi connectivity index (χ4n) is 2.41. The summed E-state index contributed by atoms with van der Waals surface area (Å²) in [6.07, 6.45) is 0.833. The number of ether oxygens (including phenoxy) is 1. The number of nitrogens with one attached hydrogen (secondary N) is 1. The monoisotopic (exact) mass is 500 g/mol. The van der Waals surface area contributed by atoms with Gasteiger partial charge in [-0.25, -0.2) is 4.98 Å². The highest BCUT2D eigenvalue weighted by molar-refractivity contribution is 14.0. The van der Waals surface area contributed by atoms with Crippen LogP contribution >= 0.6 is 47.1 Å². The Morgan fingerprint density at radius 1 is 1.60 bits per heavy atom. The molecule has 0 spiro atoms. The van der Waals surface area contributed by atoms with Crippen molar-refractivity contribution in [2.24, 2.45) is 4.99 Å². The van der Waals surface area contributed by atoms with E-state index >= 15 is 0 Å². The Labute approximate surface area is 175 Å². The highest BCUT2D eigenvalue weighted by Crippen LogP contribution is 2.28. The summed E-state index contributed by atoms with van der Waals surface area (Å²) >= 11 is 3.41. The van der Waals surface area contributed by atoms with E-state index in [0.717, 1.165) is 41.1 Å². The summed E-state index contributed by atoms with van der Waals surface area (Å²) in [5, 5.41) is 16.8. The van der Waals surface area contributed by atoms with E-state index in [9.17, 15) is 5.11 Å². The van der Waals surface area contributed by atoms with Crippen molar-refractivity contribution >= 4 is 53.0 Å². The van der Waals surface area contributed by atoms with Gasteiger partial charge in [0.15, 0.2) is 5.96 Å². The molecule has 1 aliphatic heterocycles. The van der Waals surface area contributed by atoms with E-state index in [1.54, 1.807) is 30.2 Å². The average Bonchev–Trinajstić information content (AvgIpc) is 3.20. The van der Waals surface area contributed by atoms with Crippen molar-refractivity contribution < 1.29 is 9.84 Å². The molecular formula is C16H29IN4O2S2. The van der Waals surface area contributed by atoms with Crippen molar-refractivity contribution in [3.8, 4) is 0 Å². The lowest BCUT2D eigenvalue weighted by Crippen LogP contribution is -2.41. The third-order valence-corrected chi connectivity index (χ3v) is 6.26. The second-order valence-corrected chi connectivity index (χ2v) is 8.10. The van der Waals surface area contributed by atoms with Crippen LogP contribution in [-0.4, -0.2) is 65.3 Å². The van der Waals surface area contributed by atoms with E-state index in [2.05, 4.69) is 20.7 Å². The van der Waals surface area contributed by atoms with E-state index in [-0.39, 0.29) is 30.1 Å². The Bertz CT molecular complexity index is 550. The summed E-state index contributed by atoms with van der Waals surface area (Å²) in [6.45, 7) is 5.95. The number of thiazole rings is 1. The Hall–Kier alpha value is -0.100. The van der Waals surface area contributed by atoms with Gasteiger partial charge in [0.2, 0.25) is 0 Å². The molecule has 1 aromatic rings. The van der Waals surface area contributed by atoms with Gasteiger partial charge < -0.3 is 20.1 Å². The van der Waals surface area contributed by atoms with Crippen LogP contribution < -0.4 is 5.32 Å². The van der Waals surface area contributed by atoms with Gasteiger partial charge in [-0.05, 0) is 26.0 Å². The summed E-state index contributed by atoms with van der Waals surface area (Å²) in [7, 11) is 3.69. The third-order valence-electron chi connectivity index (χ3n) is 3.97. The van der Waals surface area contributed by atoms with Crippen LogP contribution in [0.15, 0.2) is 10.4 Å². The SMILES string of the molecule is CCNC(=NCC1(O)CCSC1)N(C)Cc1csc(C(C)OC)n1.I. The van der Waals surface area contributed by atoms with Gasteiger partial charge in [0.25, 0.3) is 0 Å². The minimum Gasteiger partial charge on any atom is -0.387 e. The first-order valence-corrected chi connectivity index (χ1v) is 10.3. The van der Waals surface area contributed by atoms with Crippen LogP contribution in [0.4, 0.5) is 0 Å². The van der Waals surface area contributed by atoms with Crippen molar-refractivity contribution in [3.05, 3.63) is 16.1 Å². The number of aliphatic hydroxyl groups is 1. The summed E-state index contributed by atoms with van der Waals surface area (Å²) in [6, 6.07) is 0. The van der Waals surface area contributed by atoms with E-state index < -0.39 is 5.60 Å². The van der Waals surface area contributed by atoms with Crippen molar-refractivity contribution in [1.29, 1.82) is 0 Å². The molecule has 1 aromatic heterocycles. The number of hydrogen-bond donors (Lipinski definition) is 2. The first-order valence-electron chi connectivity index (χ1n) is 8.24. The van der Waals surface area contributed by atoms with E-state index in [0.29, 0.717) is 13.1 Å². The number of halogens is 1. The van der Waals surface area contributed by atoms with Crippen molar-refractivity contribution in [2.75, 3.05) is 38.8 Å². The molecule has 1 aliphatic rings. The molecule has 2 heterocycles. The molecule has 2 atom stereocenters. The minimum absolute atomic E-state index is 0. The fourth-order valence-corrected chi connectivity index (χ4v) is 4.54. The second kappa shape index (κ2) is 10.9. The van der Waals surface area contributed by atoms with Gasteiger partial charge in [0.05, 0.1) is 24.4 Å². The topological polar surface area (TPSA) is 70.0 Å². The molecule has 9 heteroatoms. The molecule has 2 rings (SSSR count). The maximum absolute atomic E-state index is 10.5. The normalized spacial score (nSPS) is 21.7. The Morgan fingerprint density at radius 2 is 2.36 bits per heavy atom. The van der Waals surface area contributed by atoms with Gasteiger partial charge in [0.1, 0.15) is 11.1 Å². The lowest BCUT2D eigenvalue weighted by Gasteiger charge is -2.24. The molecule has 6 nitrogen and oxygen atoms in total. The van der Waals surface area contributed by atoms with Gasteiger partial charge in [-0.2, -0.15) is 11.8 Å². The molecule has 1 saturated heterocycles. The number of thioether (sulfide) groups is 1. The van der Waals surface area contributed by atoms with Crippen LogP contribution in [-0.2, 0) is 11.3 Å². The zero-order valence-corrected chi connectivity index (χ0v) is 19.3. The Morgan fingerprint density at radius 3 is 2.96 bits per heavy atom. The number of guanidine groups is 1. The lowest BCUT2D eigenvalue weighted by atomic mass is 10.1. The molecule has 25 heavy (non-hydrogen) atoms. The van der Waals surface area contributed by atoms with Crippen molar-refractivity contribution in [3.63, 3.8) is 0 Å². The molecule has 0 amide bonds. The maximum Gasteiger partial charge on any atom is 0.194 e. The molecule has 0 bridgehead atoms. The van der Waals surface area contributed by atoms with E-state index in [4.69, 9.17) is 4.74 Å². The highest BCUT2D eigenvalue weighted by Gasteiger charge is 2.31. The van der Waals surface area contributed by atoms with Crippen LogP contribution in [0.1, 0.15) is 37.1 Å². The molecule has 0 radical (unpaired) electrons. The zero-order chi connectivity index (χ0) is 17.6. The average molecular weight is 500 g/mol. The number of aliphatic imine (C=N–C) groups is 1. The molecule has 0 aromatic carbocycles. The van der Waals surface area contributed by atoms with Gasteiger partial charge in [-0.1, -0.05) is 0 Å². The van der Waals surface area contributed by atoms with E-state index in [1.807, 2.05) is 25.8 Å². The Balaban J connectivity index is 0.00000312. The third kappa shape index (κ3) is 6.85. The van der Waals surface area contributed by atoms with Gasteiger partial charge in [-0.3, -0.25) is 4.99 Å². The number of aromatic nitrogens is 1. The Kier molecular flexibility index (Phi) is 10.0. The van der Waals surface area contributed by atoms with Crippen LogP contribution in [0.5, 0.6) is 0 Å². The lowest BCUT2D eigenvalue weighted by molar-refractivity contribution is 0.0776. The highest BCUT2D eigenvalue weighted by atomic mass is 127. The van der Waals surface area contributed by atoms with E-state index in [1.165, 1.54) is 0 Å².